The first kappa shape index (κ1) is 13.1. The highest BCUT2D eigenvalue weighted by Gasteiger charge is 2.29. The Hall–Kier alpha value is -1.62. The molecular formula is C16H22N4O. The van der Waals surface area contributed by atoms with E-state index in [9.17, 15) is 0 Å². The Morgan fingerprint density at radius 2 is 2.24 bits per heavy atom. The van der Waals surface area contributed by atoms with Gasteiger partial charge in [0.25, 0.3) is 0 Å². The molecule has 2 aliphatic rings. The number of hydrogen-bond acceptors (Lipinski definition) is 4. The Labute approximate surface area is 124 Å². The third-order valence-corrected chi connectivity index (χ3v) is 4.84. The first-order valence-electron chi connectivity index (χ1n) is 7.99. The van der Waals surface area contributed by atoms with Crippen molar-refractivity contribution in [3.63, 3.8) is 0 Å². The van der Waals surface area contributed by atoms with Crippen LogP contribution in [0.25, 0.3) is 0 Å². The second-order valence-corrected chi connectivity index (χ2v) is 6.30. The quantitative estimate of drug-likeness (QED) is 0.870. The molecule has 0 unspecified atom stereocenters. The highest BCUT2D eigenvalue weighted by Crippen LogP contribution is 2.30. The lowest BCUT2D eigenvalue weighted by atomic mass is 10.0. The average Bonchev–Trinajstić information content (AvgIpc) is 3.18. The molecule has 1 aliphatic carbocycles. The van der Waals surface area contributed by atoms with Crippen molar-refractivity contribution in [1.29, 1.82) is 0 Å². The first-order chi connectivity index (χ1) is 10.3. The topological polar surface area (TPSA) is 47.1 Å². The fraction of sp³-hybridized carbons (Fsp3) is 0.625. The summed E-state index contributed by atoms with van der Waals surface area (Å²) in [5, 5.41) is 4.02. The summed E-state index contributed by atoms with van der Waals surface area (Å²) in [5.74, 6) is 1.20. The molecule has 0 N–H and O–H groups in total. The maximum atomic E-state index is 4.93. The van der Waals surface area contributed by atoms with Crippen molar-refractivity contribution in [1.82, 2.24) is 19.6 Å². The van der Waals surface area contributed by atoms with Gasteiger partial charge in [0.15, 0.2) is 0 Å². The van der Waals surface area contributed by atoms with E-state index in [4.69, 9.17) is 9.51 Å². The summed E-state index contributed by atoms with van der Waals surface area (Å²) in [7, 11) is 0. The summed E-state index contributed by atoms with van der Waals surface area (Å²) in [5.41, 5.74) is 3.89. The van der Waals surface area contributed by atoms with Gasteiger partial charge in [-0.3, -0.25) is 4.90 Å². The SMILES string of the molecule is Cc1nc2c(n1[C@H]1CCN(Cc3ccon3)C1)CCCC2. The van der Waals surface area contributed by atoms with E-state index in [2.05, 4.69) is 21.5 Å². The van der Waals surface area contributed by atoms with Gasteiger partial charge in [-0.15, -0.1) is 0 Å². The smallest absolute Gasteiger partial charge is 0.124 e. The maximum Gasteiger partial charge on any atom is 0.124 e. The zero-order chi connectivity index (χ0) is 14.2. The van der Waals surface area contributed by atoms with Crippen LogP contribution in [0.15, 0.2) is 16.9 Å². The van der Waals surface area contributed by atoms with Gasteiger partial charge in [-0.2, -0.15) is 0 Å². The zero-order valence-corrected chi connectivity index (χ0v) is 12.6. The van der Waals surface area contributed by atoms with Crippen molar-refractivity contribution in [2.45, 2.75) is 51.6 Å². The Morgan fingerprint density at radius 3 is 3.10 bits per heavy atom. The molecule has 1 aliphatic heterocycles. The average molecular weight is 286 g/mol. The molecule has 1 atom stereocenters. The molecule has 0 aromatic carbocycles. The summed E-state index contributed by atoms with van der Waals surface area (Å²) in [6.45, 7) is 5.28. The van der Waals surface area contributed by atoms with Crippen molar-refractivity contribution < 1.29 is 4.52 Å². The lowest BCUT2D eigenvalue weighted by Gasteiger charge is -2.21. The van der Waals surface area contributed by atoms with E-state index in [-0.39, 0.29) is 0 Å². The van der Waals surface area contributed by atoms with Crippen LogP contribution in [0.2, 0.25) is 0 Å². The lowest BCUT2D eigenvalue weighted by Crippen LogP contribution is -2.22. The molecule has 5 nitrogen and oxygen atoms in total. The van der Waals surface area contributed by atoms with E-state index in [1.807, 2.05) is 6.07 Å². The molecule has 21 heavy (non-hydrogen) atoms. The molecule has 0 amide bonds. The molecule has 1 fully saturated rings. The van der Waals surface area contributed by atoms with Crippen molar-refractivity contribution in [3.05, 3.63) is 35.2 Å². The highest BCUT2D eigenvalue weighted by molar-refractivity contribution is 5.21. The second kappa shape index (κ2) is 5.30. The van der Waals surface area contributed by atoms with Crippen LogP contribution < -0.4 is 0 Å². The van der Waals surface area contributed by atoms with E-state index >= 15 is 0 Å². The zero-order valence-electron chi connectivity index (χ0n) is 12.6. The Bertz CT molecular complexity index is 617. The van der Waals surface area contributed by atoms with Crippen LogP contribution >= 0.6 is 0 Å². The van der Waals surface area contributed by atoms with Gasteiger partial charge in [-0.25, -0.2) is 4.98 Å². The van der Waals surface area contributed by atoms with Crippen LogP contribution in [0.1, 0.15) is 48.2 Å². The minimum Gasteiger partial charge on any atom is -0.364 e. The van der Waals surface area contributed by atoms with E-state index in [0.717, 1.165) is 25.3 Å². The Kier molecular flexibility index (Phi) is 3.30. The number of nitrogens with zero attached hydrogens (tertiary/aromatic N) is 4. The number of aryl methyl sites for hydroxylation is 2. The lowest BCUT2D eigenvalue weighted by molar-refractivity contribution is 0.300. The van der Waals surface area contributed by atoms with Crippen LogP contribution in [0, 0.1) is 6.92 Å². The number of likely N-dealkylation sites (tertiary alicyclic amines) is 1. The second-order valence-electron chi connectivity index (χ2n) is 6.30. The fourth-order valence-electron chi connectivity index (χ4n) is 3.90. The molecular weight excluding hydrogens is 264 g/mol. The standard InChI is InChI=1S/C16H22N4O/c1-12-17-15-4-2-3-5-16(15)20(12)14-6-8-19(11-14)10-13-7-9-21-18-13/h7,9,14H,2-6,8,10-11H2,1H3/t14-/m0/s1. The predicted octanol–water partition coefficient (Wildman–Crippen LogP) is 2.51. The largest absolute Gasteiger partial charge is 0.364 e. The minimum absolute atomic E-state index is 0.575. The van der Waals surface area contributed by atoms with Gasteiger partial charge in [0.2, 0.25) is 0 Å². The molecule has 3 heterocycles. The number of imidazole rings is 1. The first-order valence-corrected chi connectivity index (χ1v) is 7.99. The summed E-state index contributed by atoms with van der Waals surface area (Å²) >= 11 is 0. The number of fused-ring (bicyclic) bond motifs is 1. The molecule has 2 aromatic rings. The summed E-state index contributed by atoms with van der Waals surface area (Å²) < 4.78 is 7.45. The molecule has 4 rings (SSSR count). The molecule has 5 heteroatoms. The number of hydrogen-bond donors (Lipinski definition) is 0. The van der Waals surface area contributed by atoms with Gasteiger partial charge in [0.05, 0.1) is 11.4 Å². The molecule has 1 saturated heterocycles. The molecule has 0 spiro atoms. The van der Waals surface area contributed by atoms with Gasteiger partial charge < -0.3 is 9.09 Å². The molecule has 0 radical (unpaired) electrons. The van der Waals surface area contributed by atoms with Crippen LogP contribution in [-0.2, 0) is 19.4 Å². The summed E-state index contributed by atoms with van der Waals surface area (Å²) in [6.07, 6.45) is 7.84. The minimum atomic E-state index is 0.575. The van der Waals surface area contributed by atoms with Crippen LogP contribution in [-0.4, -0.2) is 32.7 Å². The van der Waals surface area contributed by atoms with E-state index in [1.54, 1.807) is 6.26 Å². The third-order valence-electron chi connectivity index (χ3n) is 4.84. The Morgan fingerprint density at radius 1 is 1.33 bits per heavy atom. The van der Waals surface area contributed by atoms with Gasteiger partial charge in [-0.05, 0) is 39.0 Å². The van der Waals surface area contributed by atoms with Crippen LogP contribution in [0.4, 0.5) is 0 Å². The van der Waals surface area contributed by atoms with Crippen LogP contribution in [0.3, 0.4) is 0 Å². The molecule has 0 bridgehead atoms. The number of aromatic nitrogens is 3. The summed E-state index contributed by atoms with van der Waals surface area (Å²) in [4.78, 5) is 7.28. The third kappa shape index (κ3) is 2.39. The van der Waals surface area contributed by atoms with Crippen molar-refractivity contribution >= 4 is 0 Å². The summed E-state index contributed by atoms with van der Waals surface area (Å²) in [6, 6.07) is 2.53. The van der Waals surface area contributed by atoms with Gasteiger partial charge in [-0.1, -0.05) is 5.16 Å². The number of rotatable bonds is 3. The fourth-order valence-corrected chi connectivity index (χ4v) is 3.90. The maximum absolute atomic E-state index is 4.93. The van der Waals surface area contributed by atoms with E-state index < -0.39 is 0 Å². The highest BCUT2D eigenvalue weighted by atomic mass is 16.5. The van der Waals surface area contributed by atoms with Crippen molar-refractivity contribution in [2.75, 3.05) is 13.1 Å². The molecule has 112 valence electrons. The van der Waals surface area contributed by atoms with Crippen LogP contribution in [0.5, 0.6) is 0 Å². The van der Waals surface area contributed by atoms with Gasteiger partial charge >= 0.3 is 0 Å². The normalized spacial score (nSPS) is 22.6. The van der Waals surface area contributed by atoms with E-state index in [1.165, 1.54) is 49.3 Å². The van der Waals surface area contributed by atoms with Gasteiger partial charge in [0.1, 0.15) is 12.1 Å². The van der Waals surface area contributed by atoms with Crippen molar-refractivity contribution in [2.24, 2.45) is 0 Å². The predicted molar refractivity (Wildman–Crippen MR) is 79.0 cm³/mol. The Balaban J connectivity index is 1.52. The monoisotopic (exact) mass is 286 g/mol. The van der Waals surface area contributed by atoms with Crippen molar-refractivity contribution in [3.8, 4) is 0 Å². The molecule has 2 aromatic heterocycles. The van der Waals surface area contributed by atoms with E-state index in [0.29, 0.717) is 6.04 Å². The molecule has 0 saturated carbocycles. The van der Waals surface area contributed by atoms with Gasteiger partial charge in [0, 0.05) is 37.4 Å².